The molecule has 16 heavy (non-hydrogen) atoms. The third kappa shape index (κ3) is 10.8. The molecular weight excluding hydrogens is 198 g/mol. The highest BCUT2D eigenvalue weighted by Crippen LogP contribution is 1.96. The second kappa shape index (κ2) is 10.3. The van der Waals surface area contributed by atoms with E-state index in [2.05, 4.69) is 37.9 Å². The molecular formula is C14H23NO. The molecule has 0 radical (unpaired) electrons. The highest BCUT2D eigenvalue weighted by molar-refractivity contribution is 5.87. The van der Waals surface area contributed by atoms with E-state index in [9.17, 15) is 4.79 Å². The maximum Gasteiger partial charge on any atom is 0.244 e. The Kier molecular flexibility index (Phi) is 9.50. The summed E-state index contributed by atoms with van der Waals surface area (Å²) in [6.45, 7) is 7.02. The summed E-state index contributed by atoms with van der Waals surface area (Å²) in [6.07, 6.45) is 7.64. The van der Waals surface area contributed by atoms with Crippen LogP contribution in [0.5, 0.6) is 0 Å². The van der Waals surface area contributed by atoms with Crippen LogP contribution in [0.25, 0.3) is 0 Å². The lowest BCUT2D eigenvalue weighted by molar-refractivity contribution is -0.116. The van der Waals surface area contributed by atoms with Crippen LogP contribution in [0.1, 0.15) is 46.5 Å². The predicted octanol–water partition coefficient (Wildman–Crippen LogP) is 2.90. The smallest absolute Gasteiger partial charge is 0.244 e. The van der Waals surface area contributed by atoms with Gasteiger partial charge in [0, 0.05) is 19.0 Å². The molecule has 2 nitrogen and oxygen atoms in total. The Bertz CT molecular complexity index is 268. The highest BCUT2D eigenvalue weighted by Gasteiger charge is 1.95. The van der Waals surface area contributed by atoms with Crippen molar-refractivity contribution in [2.45, 2.75) is 46.5 Å². The van der Waals surface area contributed by atoms with E-state index in [-0.39, 0.29) is 5.91 Å². The summed E-state index contributed by atoms with van der Waals surface area (Å²) in [6, 6.07) is 0. The van der Waals surface area contributed by atoms with E-state index >= 15 is 0 Å². The minimum absolute atomic E-state index is 0.0587. The van der Waals surface area contributed by atoms with Gasteiger partial charge in [0.2, 0.25) is 5.91 Å². The molecule has 0 saturated heterocycles. The molecule has 0 aliphatic heterocycles. The normalized spacial score (nSPS) is 10.2. The van der Waals surface area contributed by atoms with Gasteiger partial charge in [-0.25, -0.2) is 0 Å². The first-order chi connectivity index (χ1) is 7.66. The molecule has 0 bridgehead atoms. The summed E-state index contributed by atoms with van der Waals surface area (Å²) in [5, 5.41) is 2.80. The molecule has 0 aliphatic carbocycles. The maximum absolute atomic E-state index is 11.2. The quantitative estimate of drug-likeness (QED) is 0.417. The molecule has 0 aliphatic rings. The van der Waals surface area contributed by atoms with Gasteiger partial charge < -0.3 is 5.32 Å². The number of unbranched alkanes of at least 4 members (excludes halogenated alkanes) is 3. The van der Waals surface area contributed by atoms with Crippen LogP contribution in [0, 0.1) is 17.8 Å². The van der Waals surface area contributed by atoms with Crippen molar-refractivity contribution in [3.63, 3.8) is 0 Å². The van der Waals surface area contributed by atoms with Crippen molar-refractivity contribution < 1.29 is 4.79 Å². The number of allylic oxidation sites excluding steroid dienone is 1. The number of hydrogen-bond donors (Lipinski definition) is 1. The third-order valence-corrected chi connectivity index (χ3v) is 2.01. The largest absolute Gasteiger partial charge is 0.352 e. The van der Waals surface area contributed by atoms with Crippen molar-refractivity contribution in [1.29, 1.82) is 0 Å². The van der Waals surface area contributed by atoms with Crippen molar-refractivity contribution in [1.82, 2.24) is 5.32 Å². The van der Waals surface area contributed by atoms with E-state index in [1.165, 1.54) is 18.9 Å². The van der Waals surface area contributed by atoms with E-state index < -0.39 is 0 Å². The molecule has 0 heterocycles. The first-order valence-electron chi connectivity index (χ1n) is 6.09. The minimum Gasteiger partial charge on any atom is -0.352 e. The Labute approximate surface area is 99.5 Å². The molecule has 0 atom stereocenters. The molecule has 0 aromatic heterocycles. The predicted molar refractivity (Wildman–Crippen MR) is 68.9 cm³/mol. The maximum atomic E-state index is 11.2. The van der Waals surface area contributed by atoms with E-state index in [0.29, 0.717) is 12.5 Å². The summed E-state index contributed by atoms with van der Waals surface area (Å²) >= 11 is 0. The summed E-state index contributed by atoms with van der Waals surface area (Å²) in [4.78, 5) is 11.2. The second-order valence-corrected chi connectivity index (χ2v) is 4.25. The van der Waals surface area contributed by atoms with Gasteiger partial charge in [-0.15, -0.1) is 0 Å². The Morgan fingerprint density at radius 1 is 1.38 bits per heavy atom. The zero-order valence-electron chi connectivity index (χ0n) is 10.7. The lowest BCUT2D eigenvalue weighted by atomic mass is 10.2. The highest BCUT2D eigenvalue weighted by atomic mass is 16.1. The van der Waals surface area contributed by atoms with Crippen molar-refractivity contribution in [3.8, 4) is 11.8 Å². The molecule has 0 aromatic carbocycles. The van der Waals surface area contributed by atoms with Crippen LogP contribution < -0.4 is 5.32 Å². The van der Waals surface area contributed by atoms with Crippen molar-refractivity contribution in [2.75, 3.05) is 6.54 Å². The molecule has 0 rings (SSSR count). The number of hydrogen-bond acceptors (Lipinski definition) is 1. The van der Waals surface area contributed by atoms with Gasteiger partial charge in [-0.1, -0.05) is 45.5 Å². The number of rotatable bonds is 6. The summed E-state index contributed by atoms with van der Waals surface area (Å²) in [5.41, 5.74) is 0. The molecule has 1 N–H and O–H groups in total. The van der Waals surface area contributed by atoms with Crippen LogP contribution in [-0.4, -0.2) is 12.5 Å². The molecule has 0 spiro atoms. The number of amides is 1. The lowest BCUT2D eigenvalue weighted by Gasteiger charge is -2.03. The molecule has 0 aromatic rings. The van der Waals surface area contributed by atoms with Gasteiger partial charge >= 0.3 is 0 Å². The Balaban J connectivity index is 3.61. The number of carbonyl (C=O) groups excluding carboxylic acids is 1. The summed E-state index contributed by atoms with van der Waals surface area (Å²) in [7, 11) is 0. The third-order valence-electron chi connectivity index (χ3n) is 2.01. The van der Waals surface area contributed by atoms with Gasteiger partial charge in [-0.05, 0) is 18.4 Å². The number of carbonyl (C=O) groups is 1. The molecule has 0 fully saturated rings. The van der Waals surface area contributed by atoms with Gasteiger partial charge in [0.15, 0.2) is 0 Å². The zero-order valence-corrected chi connectivity index (χ0v) is 10.7. The average Bonchev–Trinajstić information content (AvgIpc) is 2.25. The Morgan fingerprint density at radius 3 is 2.75 bits per heavy atom. The number of nitrogens with one attached hydrogen (secondary N) is 1. The van der Waals surface area contributed by atoms with Crippen molar-refractivity contribution in [2.24, 2.45) is 5.92 Å². The molecule has 1 amide bonds. The average molecular weight is 221 g/mol. The van der Waals surface area contributed by atoms with Crippen molar-refractivity contribution >= 4 is 5.91 Å². The van der Waals surface area contributed by atoms with Gasteiger partial charge in [-0.2, -0.15) is 0 Å². The summed E-state index contributed by atoms with van der Waals surface area (Å²) < 4.78 is 0. The van der Waals surface area contributed by atoms with E-state index in [1.54, 1.807) is 6.08 Å². The van der Waals surface area contributed by atoms with Crippen LogP contribution in [0.2, 0.25) is 0 Å². The molecule has 0 saturated carbocycles. The molecule has 0 unspecified atom stereocenters. The van der Waals surface area contributed by atoms with Crippen LogP contribution in [0.4, 0.5) is 0 Å². The topological polar surface area (TPSA) is 29.1 Å². The lowest BCUT2D eigenvalue weighted by Crippen LogP contribution is -2.25. The van der Waals surface area contributed by atoms with Crippen molar-refractivity contribution in [3.05, 3.63) is 12.2 Å². The van der Waals surface area contributed by atoms with Gasteiger partial charge in [-0.3, -0.25) is 4.79 Å². The van der Waals surface area contributed by atoms with E-state index in [4.69, 9.17) is 0 Å². The molecule has 2 heteroatoms. The van der Waals surface area contributed by atoms with Gasteiger partial charge in [0.1, 0.15) is 0 Å². The van der Waals surface area contributed by atoms with Crippen LogP contribution in [0.15, 0.2) is 12.2 Å². The molecule has 90 valence electrons. The fourth-order valence-corrected chi connectivity index (χ4v) is 1.08. The standard InChI is InChI=1S/C14H23NO/c1-4-5-6-7-8-9-10-11-14(16)15-12-13(2)3/h10-11,13H,4-7,12H2,1-3H3,(H,15,16)/b11-10-. The van der Waals surface area contributed by atoms with Crippen LogP contribution in [0.3, 0.4) is 0 Å². The second-order valence-electron chi connectivity index (χ2n) is 4.25. The Morgan fingerprint density at radius 2 is 2.12 bits per heavy atom. The van der Waals surface area contributed by atoms with E-state index in [1.807, 2.05) is 0 Å². The first kappa shape index (κ1) is 14.8. The van der Waals surface area contributed by atoms with Gasteiger partial charge in [0.05, 0.1) is 0 Å². The first-order valence-corrected chi connectivity index (χ1v) is 6.09. The van der Waals surface area contributed by atoms with Crippen LogP contribution in [-0.2, 0) is 4.79 Å². The van der Waals surface area contributed by atoms with E-state index in [0.717, 1.165) is 12.8 Å². The fourth-order valence-electron chi connectivity index (χ4n) is 1.08. The minimum atomic E-state index is -0.0587. The zero-order chi connectivity index (χ0) is 12.2. The van der Waals surface area contributed by atoms with Crippen LogP contribution >= 0.6 is 0 Å². The monoisotopic (exact) mass is 221 g/mol. The fraction of sp³-hybridized carbons (Fsp3) is 0.643. The summed E-state index contributed by atoms with van der Waals surface area (Å²) in [5.74, 6) is 6.32. The Hall–Kier alpha value is -1.23. The van der Waals surface area contributed by atoms with Gasteiger partial charge in [0.25, 0.3) is 0 Å². The SMILES string of the molecule is CCCCCC#C/C=C\C(=O)NCC(C)C.